The Bertz CT molecular complexity index is 711. The summed E-state index contributed by atoms with van der Waals surface area (Å²) in [6, 6.07) is 8.54. The van der Waals surface area contributed by atoms with Crippen LogP contribution in [0.3, 0.4) is 0 Å². The Labute approximate surface area is 144 Å². The van der Waals surface area contributed by atoms with E-state index in [1.54, 1.807) is 29.2 Å². The first-order valence-corrected chi connectivity index (χ1v) is 7.91. The van der Waals surface area contributed by atoms with Crippen LogP contribution in [0.5, 0.6) is 0 Å². The Balaban J connectivity index is 1.85. The minimum atomic E-state index is -0.275. The number of benzene rings is 1. The number of carbonyl (C=O) groups is 4. The normalized spacial score (nSPS) is 17.4. The molecule has 2 aliphatic rings. The van der Waals surface area contributed by atoms with Crippen LogP contribution in [-0.2, 0) is 19.2 Å². The van der Waals surface area contributed by atoms with Gasteiger partial charge in [0.25, 0.3) is 0 Å². The first kappa shape index (κ1) is 16.6. The van der Waals surface area contributed by atoms with Crippen LogP contribution in [0.4, 0.5) is 5.69 Å². The highest BCUT2D eigenvalue weighted by Crippen LogP contribution is 2.21. The monoisotopic (exact) mass is 340 g/mol. The molecule has 4 amide bonds. The van der Waals surface area contributed by atoms with Gasteiger partial charge in [-0.15, -0.1) is 0 Å². The van der Waals surface area contributed by atoms with Crippen molar-refractivity contribution in [3.63, 3.8) is 0 Å². The van der Waals surface area contributed by atoms with Gasteiger partial charge in [0.1, 0.15) is 13.3 Å². The lowest BCUT2D eigenvalue weighted by molar-refractivity contribution is -0.138. The average Bonchev–Trinajstić information content (AvgIpc) is 3.11. The summed E-state index contributed by atoms with van der Waals surface area (Å²) in [5.41, 5.74) is 1.07. The molecule has 0 aliphatic carbocycles. The minimum Gasteiger partial charge on any atom is -0.335 e. The molecule has 0 N–H and O–H groups in total. The summed E-state index contributed by atoms with van der Waals surface area (Å²) in [6.07, 6.45) is 0.673. The zero-order valence-electron chi connectivity index (χ0n) is 13.5. The zero-order valence-corrected chi connectivity index (χ0v) is 13.5. The van der Waals surface area contributed by atoms with Gasteiger partial charge >= 0.3 is 0 Å². The standard InChI is InChI=1S/C17H16N4O4/c18-9-12-1-3-13(4-2-12)19(10-20-14(22)5-6-15(20)23)11-21-16(24)7-8-17(21)25/h1-4H,5-8,10-11H2. The van der Waals surface area contributed by atoms with Crippen LogP contribution in [0.1, 0.15) is 31.2 Å². The van der Waals surface area contributed by atoms with Gasteiger partial charge in [-0.2, -0.15) is 5.26 Å². The molecular weight excluding hydrogens is 324 g/mol. The van der Waals surface area contributed by atoms with Gasteiger partial charge < -0.3 is 4.90 Å². The summed E-state index contributed by atoms with van der Waals surface area (Å²) < 4.78 is 0. The van der Waals surface area contributed by atoms with Crippen molar-refractivity contribution in [1.29, 1.82) is 5.26 Å². The molecule has 3 rings (SSSR count). The molecule has 2 saturated heterocycles. The molecule has 2 heterocycles. The molecular formula is C17H16N4O4. The van der Waals surface area contributed by atoms with Crippen LogP contribution in [0, 0.1) is 11.3 Å². The highest BCUT2D eigenvalue weighted by molar-refractivity contribution is 6.03. The summed E-state index contributed by atoms with van der Waals surface area (Å²) in [4.78, 5) is 51.5. The van der Waals surface area contributed by atoms with Crippen LogP contribution < -0.4 is 4.90 Å². The third kappa shape index (κ3) is 3.35. The lowest BCUT2D eigenvalue weighted by Crippen LogP contribution is -2.47. The Morgan fingerprint density at radius 2 is 1.20 bits per heavy atom. The summed E-state index contributed by atoms with van der Waals surface area (Å²) in [7, 11) is 0. The fraction of sp³-hybridized carbons (Fsp3) is 0.353. The smallest absolute Gasteiger partial charge is 0.231 e. The first-order chi connectivity index (χ1) is 12.0. The topological polar surface area (TPSA) is 102 Å². The highest BCUT2D eigenvalue weighted by Gasteiger charge is 2.34. The predicted octanol–water partition coefficient (Wildman–Crippen LogP) is 0.578. The summed E-state index contributed by atoms with van der Waals surface area (Å²) in [6.45, 7) is -0.0821. The van der Waals surface area contributed by atoms with E-state index >= 15 is 0 Å². The van der Waals surface area contributed by atoms with Gasteiger partial charge in [0.2, 0.25) is 23.6 Å². The molecule has 8 nitrogen and oxygen atoms in total. The van der Waals surface area contributed by atoms with Crippen molar-refractivity contribution in [2.75, 3.05) is 18.2 Å². The number of amides is 4. The van der Waals surface area contributed by atoms with Crippen LogP contribution >= 0.6 is 0 Å². The van der Waals surface area contributed by atoms with Crippen molar-refractivity contribution in [3.05, 3.63) is 29.8 Å². The van der Waals surface area contributed by atoms with Gasteiger partial charge in [-0.3, -0.25) is 29.0 Å². The lowest BCUT2D eigenvalue weighted by Gasteiger charge is -2.31. The summed E-state index contributed by atoms with van der Waals surface area (Å²) >= 11 is 0. The van der Waals surface area contributed by atoms with E-state index in [-0.39, 0.29) is 62.6 Å². The van der Waals surface area contributed by atoms with Crippen LogP contribution in [0.15, 0.2) is 24.3 Å². The van der Waals surface area contributed by atoms with Gasteiger partial charge in [0.15, 0.2) is 0 Å². The molecule has 128 valence electrons. The predicted molar refractivity (Wildman–Crippen MR) is 85.5 cm³/mol. The number of hydrogen-bond acceptors (Lipinski definition) is 6. The van der Waals surface area contributed by atoms with E-state index in [9.17, 15) is 19.2 Å². The minimum absolute atomic E-state index is 0.0410. The maximum Gasteiger partial charge on any atom is 0.231 e. The molecule has 0 unspecified atom stereocenters. The molecule has 0 spiro atoms. The van der Waals surface area contributed by atoms with Crippen LogP contribution in [-0.4, -0.2) is 46.8 Å². The molecule has 0 atom stereocenters. The molecule has 8 heteroatoms. The molecule has 0 radical (unpaired) electrons. The van der Waals surface area contributed by atoms with Crippen molar-refractivity contribution < 1.29 is 19.2 Å². The number of anilines is 1. The fourth-order valence-electron chi connectivity index (χ4n) is 2.86. The van der Waals surface area contributed by atoms with E-state index in [4.69, 9.17) is 5.26 Å². The Hall–Kier alpha value is -3.21. The van der Waals surface area contributed by atoms with E-state index in [2.05, 4.69) is 0 Å². The second-order valence-electron chi connectivity index (χ2n) is 5.91. The number of nitriles is 1. The van der Waals surface area contributed by atoms with Crippen molar-refractivity contribution >= 4 is 29.3 Å². The van der Waals surface area contributed by atoms with Gasteiger partial charge in [0, 0.05) is 31.4 Å². The Kier molecular flexibility index (Phi) is 4.48. The third-order valence-corrected chi connectivity index (χ3v) is 4.30. The SMILES string of the molecule is N#Cc1ccc(N(CN2C(=O)CCC2=O)CN2C(=O)CCC2=O)cc1. The van der Waals surface area contributed by atoms with Crippen molar-refractivity contribution in [3.8, 4) is 6.07 Å². The number of imide groups is 2. The van der Waals surface area contributed by atoms with Gasteiger partial charge in [-0.1, -0.05) is 0 Å². The summed E-state index contributed by atoms with van der Waals surface area (Å²) in [5.74, 6) is -1.10. The number of rotatable bonds is 5. The average molecular weight is 340 g/mol. The van der Waals surface area contributed by atoms with Crippen molar-refractivity contribution in [1.82, 2.24) is 9.80 Å². The third-order valence-electron chi connectivity index (χ3n) is 4.30. The molecule has 25 heavy (non-hydrogen) atoms. The van der Waals surface area contributed by atoms with E-state index < -0.39 is 0 Å². The molecule has 0 saturated carbocycles. The molecule has 1 aromatic rings. The number of nitrogens with zero attached hydrogens (tertiary/aromatic N) is 4. The maximum absolute atomic E-state index is 11.9. The molecule has 0 aromatic heterocycles. The second kappa shape index (κ2) is 6.73. The number of likely N-dealkylation sites (tertiary alicyclic amines) is 2. The largest absolute Gasteiger partial charge is 0.335 e. The van der Waals surface area contributed by atoms with Gasteiger partial charge in [-0.05, 0) is 24.3 Å². The zero-order chi connectivity index (χ0) is 18.0. The first-order valence-electron chi connectivity index (χ1n) is 7.91. The van der Waals surface area contributed by atoms with Crippen LogP contribution in [0.25, 0.3) is 0 Å². The quantitative estimate of drug-likeness (QED) is 0.727. The van der Waals surface area contributed by atoms with Gasteiger partial charge in [-0.25, -0.2) is 0 Å². The Morgan fingerprint density at radius 3 is 1.56 bits per heavy atom. The van der Waals surface area contributed by atoms with E-state index in [0.717, 1.165) is 9.80 Å². The van der Waals surface area contributed by atoms with Crippen LogP contribution in [0.2, 0.25) is 0 Å². The molecule has 1 aromatic carbocycles. The van der Waals surface area contributed by atoms with E-state index in [0.29, 0.717) is 11.3 Å². The van der Waals surface area contributed by atoms with Crippen molar-refractivity contribution in [2.24, 2.45) is 0 Å². The number of hydrogen-bond donors (Lipinski definition) is 0. The van der Waals surface area contributed by atoms with E-state index in [1.807, 2.05) is 6.07 Å². The highest BCUT2D eigenvalue weighted by atomic mass is 16.2. The Morgan fingerprint density at radius 1 is 0.800 bits per heavy atom. The summed E-state index contributed by atoms with van der Waals surface area (Å²) in [5, 5.41) is 8.91. The van der Waals surface area contributed by atoms with Gasteiger partial charge in [0.05, 0.1) is 11.6 Å². The number of carbonyl (C=O) groups excluding carboxylic acids is 4. The molecule has 2 aliphatic heterocycles. The molecule has 2 fully saturated rings. The van der Waals surface area contributed by atoms with E-state index in [1.165, 1.54) is 0 Å². The lowest BCUT2D eigenvalue weighted by atomic mass is 10.2. The fourth-order valence-corrected chi connectivity index (χ4v) is 2.86. The maximum atomic E-state index is 11.9. The molecule has 0 bridgehead atoms. The van der Waals surface area contributed by atoms with Crippen molar-refractivity contribution in [2.45, 2.75) is 25.7 Å². The second-order valence-corrected chi connectivity index (χ2v) is 5.91.